The number of rotatable bonds is 4. The van der Waals surface area contributed by atoms with Crippen LogP contribution in [0.5, 0.6) is 11.8 Å². The van der Waals surface area contributed by atoms with Gasteiger partial charge in [-0.15, -0.1) is 0 Å². The molecule has 3 rings (SSSR count). The lowest BCUT2D eigenvalue weighted by molar-refractivity contribution is 0.102. The maximum absolute atomic E-state index is 12.3. The molecule has 1 aromatic heterocycles. The van der Waals surface area contributed by atoms with Gasteiger partial charge in [-0.1, -0.05) is 36.4 Å². The molecule has 120 valence electrons. The first-order valence-corrected chi connectivity index (χ1v) is 7.58. The third-order valence-electron chi connectivity index (χ3n) is 3.48. The van der Waals surface area contributed by atoms with Gasteiger partial charge in [-0.25, -0.2) is 0 Å². The first-order valence-electron chi connectivity index (χ1n) is 7.58. The van der Waals surface area contributed by atoms with Gasteiger partial charge in [0.2, 0.25) is 0 Å². The number of nitrogens with one attached hydrogen (secondary N) is 1. The summed E-state index contributed by atoms with van der Waals surface area (Å²) in [4.78, 5) is 21.0. The molecule has 0 saturated heterocycles. The van der Waals surface area contributed by atoms with Crippen molar-refractivity contribution in [2.45, 2.75) is 13.8 Å². The largest absolute Gasteiger partial charge is 0.424 e. The number of benzene rings is 2. The Labute approximate surface area is 140 Å². The molecule has 1 amide bonds. The Morgan fingerprint density at radius 2 is 1.42 bits per heavy atom. The molecule has 0 aliphatic heterocycles. The van der Waals surface area contributed by atoms with E-state index in [9.17, 15) is 4.79 Å². The van der Waals surface area contributed by atoms with E-state index < -0.39 is 0 Å². The van der Waals surface area contributed by atoms with Crippen LogP contribution in [0.1, 0.15) is 21.7 Å². The van der Waals surface area contributed by atoms with E-state index in [4.69, 9.17) is 4.74 Å². The molecule has 0 radical (unpaired) electrons. The van der Waals surface area contributed by atoms with Gasteiger partial charge in [-0.3, -0.25) is 4.79 Å². The Balaban J connectivity index is 1.81. The zero-order chi connectivity index (χ0) is 16.9. The summed E-state index contributed by atoms with van der Waals surface area (Å²) >= 11 is 0. The second-order valence-corrected chi connectivity index (χ2v) is 5.29. The van der Waals surface area contributed by atoms with Crippen molar-refractivity contribution in [3.05, 3.63) is 77.6 Å². The summed E-state index contributed by atoms with van der Waals surface area (Å²) in [6.07, 6.45) is 0. The molecule has 1 heterocycles. The normalized spacial score (nSPS) is 10.2. The van der Waals surface area contributed by atoms with Crippen LogP contribution in [0, 0.1) is 13.8 Å². The molecule has 0 aliphatic rings. The van der Waals surface area contributed by atoms with Gasteiger partial charge in [0.15, 0.2) is 0 Å². The lowest BCUT2D eigenvalue weighted by atomic mass is 10.2. The summed E-state index contributed by atoms with van der Waals surface area (Å²) in [5, 5.41) is 2.87. The fourth-order valence-corrected chi connectivity index (χ4v) is 2.28. The first kappa shape index (κ1) is 15.7. The number of hydrogen-bond donors (Lipinski definition) is 1. The number of amides is 1. The number of nitrogens with zero attached hydrogens (tertiary/aromatic N) is 2. The van der Waals surface area contributed by atoms with E-state index in [0.717, 1.165) is 0 Å². The highest BCUT2D eigenvalue weighted by molar-refractivity contribution is 6.04. The predicted octanol–water partition coefficient (Wildman–Crippen LogP) is 4.14. The van der Waals surface area contributed by atoms with Crippen molar-refractivity contribution >= 4 is 11.6 Å². The zero-order valence-electron chi connectivity index (χ0n) is 13.5. The van der Waals surface area contributed by atoms with Crippen molar-refractivity contribution in [2.24, 2.45) is 0 Å². The van der Waals surface area contributed by atoms with E-state index in [-0.39, 0.29) is 11.9 Å². The minimum absolute atomic E-state index is 0.192. The van der Waals surface area contributed by atoms with Crippen molar-refractivity contribution in [3.63, 3.8) is 0 Å². The van der Waals surface area contributed by atoms with Gasteiger partial charge in [0, 0.05) is 5.56 Å². The van der Waals surface area contributed by atoms with Gasteiger partial charge >= 0.3 is 6.01 Å². The van der Waals surface area contributed by atoms with Crippen LogP contribution >= 0.6 is 0 Å². The van der Waals surface area contributed by atoms with Crippen LogP contribution in [0.3, 0.4) is 0 Å². The Kier molecular flexibility index (Phi) is 4.52. The quantitative estimate of drug-likeness (QED) is 0.785. The lowest BCUT2D eigenvalue weighted by Gasteiger charge is -2.12. The van der Waals surface area contributed by atoms with E-state index in [2.05, 4.69) is 15.3 Å². The van der Waals surface area contributed by atoms with Crippen LogP contribution in [0.25, 0.3) is 0 Å². The van der Waals surface area contributed by atoms with Gasteiger partial charge in [-0.05, 0) is 38.1 Å². The number of aromatic nitrogens is 2. The number of hydrogen-bond acceptors (Lipinski definition) is 4. The molecule has 5 heteroatoms. The minimum Gasteiger partial charge on any atom is -0.424 e. The van der Waals surface area contributed by atoms with Crippen molar-refractivity contribution in [2.75, 3.05) is 5.32 Å². The summed E-state index contributed by atoms with van der Waals surface area (Å²) in [6.45, 7) is 3.63. The SMILES string of the molecule is Cc1nc(Oc2ccccc2)nc(C)c1NC(=O)c1ccccc1. The molecule has 24 heavy (non-hydrogen) atoms. The molecule has 2 aromatic carbocycles. The Morgan fingerprint density at radius 1 is 0.875 bits per heavy atom. The second kappa shape index (κ2) is 6.91. The number of aryl methyl sites for hydroxylation is 2. The molecule has 0 bridgehead atoms. The van der Waals surface area contributed by atoms with Gasteiger partial charge in [0.25, 0.3) is 5.91 Å². The molecule has 5 nitrogen and oxygen atoms in total. The molecule has 3 aromatic rings. The summed E-state index contributed by atoms with van der Waals surface area (Å²) < 4.78 is 5.65. The molecule has 1 N–H and O–H groups in total. The van der Waals surface area contributed by atoms with Gasteiger partial charge in [0.05, 0.1) is 17.1 Å². The maximum atomic E-state index is 12.3. The predicted molar refractivity (Wildman–Crippen MR) is 92.4 cm³/mol. The van der Waals surface area contributed by atoms with Crippen LogP contribution in [0.4, 0.5) is 5.69 Å². The molecular formula is C19H17N3O2. The fourth-order valence-electron chi connectivity index (χ4n) is 2.28. The highest BCUT2D eigenvalue weighted by Crippen LogP contribution is 2.23. The topological polar surface area (TPSA) is 64.1 Å². The van der Waals surface area contributed by atoms with Gasteiger partial charge < -0.3 is 10.1 Å². The highest BCUT2D eigenvalue weighted by Gasteiger charge is 2.13. The van der Waals surface area contributed by atoms with E-state index >= 15 is 0 Å². The Bertz CT molecular complexity index is 826. The van der Waals surface area contributed by atoms with Crippen LogP contribution in [0.15, 0.2) is 60.7 Å². The van der Waals surface area contributed by atoms with E-state index in [1.54, 1.807) is 12.1 Å². The van der Waals surface area contributed by atoms with E-state index in [0.29, 0.717) is 28.4 Å². The lowest BCUT2D eigenvalue weighted by Crippen LogP contribution is -2.15. The molecule has 0 spiro atoms. The monoisotopic (exact) mass is 319 g/mol. The van der Waals surface area contributed by atoms with Crippen LogP contribution in [-0.2, 0) is 0 Å². The van der Waals surface area contributed by atoms with Crippen LogP contribution < -0.4 is 10.1 Å². The number of para-hydroxylation sites is 1. The smallest absolute Gasteiger partial charge is 0.322 e. The van der Waals surface area contributed by atoms with Crippen LogP contribution in [-0.4, -0.2) is 15.9 Å². The number of ether oxygens (including phenoxy) is 1. The van der Waals surface area contributed by atoms with Gasteiger partial charge in [-0.2, -0.15) is 9.97 Å². The summed E-state index contributed by atoms with van der Waals surface area (Å²) in [5.74, 6) is 0.472. The van der Waals surface area contributed by atoms with E-state index in [1.165, 1.54) is 0 Å². The standard InChI is InChI=1S/C19H17N3O2/c1-13-17(22-18(23)15-9-5-3-6-10-15)14(2)21-19(20-13)24-16-11-7-4-8-12-16/h3-12H,1-2H3,(H,22,23). The molecule has 0 fully saturated rings. The third-order valence-corrected chi connectivity index (χ3v) is 3.48. The molecule has 0 saturated carbocycles. The van der Waals surface area contributed by atoms with Crippen molar-refractivity contribution < 1.29 is 9.53 Å². The Morgan fingerprint density at radius 3 is 2.00 bits per heavy atom. The van der Waals surface area contributed by atoms with Crippen molar-refractivity contribution in [3.8, 4) is 11.8 Å². The molecule has 0 aliphatic carbocycles. The molecule has 0 unspecified atom stereocenters. The number of carbonyl (C=O) groups excluding carboxylic acids is 1. The second-order valence-electron chi connectivity index (χ2n) is 5.29. The zero-order valence-corrected chi connectivity index (χ0v) is 13.5. The molecule has 0 atom stereocenters. The van der Waals surface area contributed by atoms with Crippen molar-refractivity contribution in [1.82, 2.24) is 9.97 Å². The fraction of sp³-hybridized carbons (Fsp3) is 0.105. The van der Waals surface area contributed by atoms with Crippen LogP contribution in [0.2, 0.25) is 0 Å². The summed E-state index contributed by atoms with van der Waals surface area (Å²) in [6, 6.07) is 18.6. The van der Waals surface area contributed by atoms with E-state index in [1.807, 2.05) is 62.4 Å². The number of carbonyl (C=O) groups is 1. The van der Waals surface area contributed by atoms with Gasteiger partial charge in [0.1, 0.15) is 5.75 Å². The van der Waals surface area contributed by atoms with Crippen molar-refractivity contribution in [1.29, 1.82) is 0 Å². The number of anilines is 1. The summed E-state index contributed by atoms with van der Waals surface area (Å²) in [7, 11) is 0. The average Bonchev–Trinajstić information content (AvgIpc) is 2.59. The minimum atomic E-state index is -0.192. The summed E-state index contributed by atoms with van der Waals surface area (Å²) in [5.41, 5.74) is 2.49. The first-order chi connectivity index (χ1) is 11.6. The highest BCUT2D eigenvalue weighted by atomic mass is 16.5. The average molecular weight is 319 g/mol. The third kappa shape index (κ3) is 3.57. The maximum Gasteiger partial charge on any atom is 0.322 e. The molecular weight excluding hydrogens is 302 g/mol. The Hall–Kier alpha value is -3.21.